The van der Waals surface area contributed by atoms with Crippen LogP contribution in [0.25, 0.3) is 0 Å². The van der Waals surface area contributed by atoms with Crippen LogP contribution >= 0.6 is 0 Å². The first-order valence-corrected chi connectivity index (χ1v) is 8.56. The van der Waals surface area contributed by atoms with E-state index in [0.717, 1.165) is 19.2 Å². The molecule has 1 aromatic rings. The van der Waals surface area contributed by atoms with Crippen molar-refractivity contribution >= 4 is 23.2 Å². The quantitative estimate of drug-likeness (QED) is 0.648. The summed E-state index contributed by atoms with van der Waals surface area (Å²) in [5.41, 5.74) is -0.472. The molecule has 0 aromatic heterocycles. The van der Waals surface area contributed by atoms with Gasteiger partial charge < -0.3 is 9.80 Å². The second-order valence-electron chi connectivity index (χ2n) is 6.84. The highest BCUT2D eigenvalue weighted by Gasteiger charge is 2.38. The summed E-state index contributed by atoms with van der Waals surface area (Å²) >= 11 is 0. The summed E-state index contributed by atoms with van der Waals surface area (Å²) in [7, 11) is 2.00. The van der Waals surface area contributed by atoms with E-state index in [1.54, 1.807) is 6.92 Å². The number of benzene rings is 1. The molecule has 0 N–H and O–H groups in total. The van der Waals surface area contributed by atoms with Crippen LogP contribution in [-0.4, -0.2) is 72.1 Å². The monoisotopic (exact) mass is 382 g/mol. The van der Waals surface area contributed by atoms with E-state index in [9.17, 15) is 17.6 Å². The van der Waals surface area contributed by atoms with Crippen LogP contribution in [0.3, 0.4) is 0 Å². The maximum atomic E-state index is 14.6. The molecule has 1 saturated heterocycles. The molecule has 6 nitrogen and oxygen atoms in total. The number of piperazine rings is 1. The van der Waals surface area contributed by atoms with Gasteiger partial charge in [-0.3, -0.25) is 4.99 Å². The minimum atomic E-state index is -4.66. The van der Waals surface area contributed by atoms with Gasteiger partial charge in [-0.25, -0.2) is 9.38 Å². The molecule has 3 aliphatic rings. The Morgan fingerprint density at radius 3 is 2.44 bits per heavy atom. The van der Waals surface area contributed by atoms with E-state index in [4.69, 9.17) is 0 Å². The van der Waals surface area contributed by atoms with Crippen LogP contribution in [-0.2, 0) is 6.18 Å². The van der Waals surface area contributed by atoms with E-state index < -0.39 is 17.6 Å². The van der Waals surface area contributed by atoms with Crippen molar-refractivity contribution in [1.82, 2.24) is 14.8 Å². The summed E-state index contributed by atoms with van der Waals surface area (Å²) < 4.78 is 54.0. The Labute approximate surface area is 153 Å². The average molecular weight is 382 g/mol. The van der Waals surface area contributed by atoms with Gasteiger partial charge in [0.2, 0.25) is 5.96 Å². The van der Waals surface area contributed by atoms with Gasteiger partial charge in [0.1, 0.15) is 11.5 Å². The topological polar surface area (TPSA) is 46.8 Å². The molecule has 3 heterocycles. The molecule has 0 radical (unpaired) electrons. The molecule has 0 atom stereocenters. The zero-order chi connectivity index (χ0) is 19.3. The van der Waals surface area contributed by atoms with Gasteiger partial charge in [-0.2, -0.15) is 23.3 Å². The highest BCUT2D eigenvalue weighted by Crippen LogP contribution is 2.38. The van der Waals surface area contributed by atoms with Crippen LogP contribution in [0, 0.1) is 5.82 Å². The predicted octanol–water partition coefficient (Wildman–Crippen LogP) is 2.53. The normalized spacial score (nSPS) is 20.6. The van der Waals surface area contributed by atoms with E-state index in [1.807, 2.05) is 11.9 Å². The number of guanidine groups is 1. The van der Waals surface area contributed by atoms with Gasteiger partial charge in [0.15, 0.2) is 5.84 Å². The predicted molar refractivity (Wildman–Crippen MR) is 93.9 cm³/mol. The molecule has 10 heteroatoms. The van der Waals surface area contributed by atoms with Gasteiger partial charge in [0.05, 0.1) is 17.8 Å². The SMILES string of the molecule is CC1=NN2C(=NC1)c1cc(C(F)(F)F)cc(F)c1N=C2N1CCN(C)CC1. The maximum absolute atomic E-state index is 14.6. The molecule has 1 fully saturated rings. The summed E-state index contributed by atoms with van der Waals surface area (Å²) in [5, 5.41) is 5.87. The number of aliphatic imine (C=N–C) groups is 2. The number of amidine groups is 1. The highest BCUT2D eigenvalue weighted by molar-refractivity contribution is 6.16. The number of likely N-dealkylation sites (N-methyl/N-ethyl adjacent to an activating group) is 1. The first-order chi connectivity index (χ1) is 12.7. The number of rotatable bonds is 0. The Bertz CT molecular complexity index is 865. The lowest BCUT2D eigenvalue weighted by atomic mass is 10.0. The Balaban J connectivity index is 1.85. The lowest BCUT2D eigenvalue weighted by Gasteiger charge is -2.40. The second kappa shape index (κ2) is 6.29. The van der Waals surface area contributed by atoms with E-state index in [-0.39, 0.29) is 23.6 Å². The van der Waals surface area contributed by atoms with E-state index >= 15 is 0 Å². The van der Waals surface area contributed by atoms with Crippen LogP contribution < -0.4 is 0 Å². The summed E-state index contributed by atoms with van der Waals surface area (Å²) in [6, 6.07) is 1.38. The van der Waals surface area contributed by atoms with Crippen molar-refractivity contribution in [2.24, 2.45) is 15.1 Å². The maximum Gasteiger partial charge on any atom is 0.416 e. The molecule has 0 aliphatic carbocycles. The zero-order valence-electron chi connectivity index (χ0n) is 14.9. The Kier molecular flexibility index (Phi) is 4.17. The molecule has 0 spiro atoms. The standard InChI is InChI=1S/C17H18F4N6/c1-10-9-22-15-12-7-11(17(19,20)21)8-13(18)14(12)23-16(27(15)24-10)26-5-3-25(2)4-6-26/h7-8H,3-6,9H2,1-2H3. The van der Waals surface area contributed by atoms with Crippen molar-refractivity contribution in [3.05, 3.63) is 29.1 Å². The molecule has 0 saturated carbocycles. The first kappa shape index (κ1) is 17.9. The number of alkyl halides is 3. The number of halogens is 4. The van der Waals surface area contributed by atoms with Gasteiger partial charge >= 0.3 is 6.18 Å². The van der Waals surface area contributed by atoms with Gasteiger partial charge in [-0.15, -0.1) is 0 Å². The molecule has 144 valence electrons. The molecule has 27 heavy (non-hydrogen) atoms. The van der Waals surface area contributed by atoms with Crippen LogP contribution in [0.1, 0.15) is 18.1 Å². The van der Waals surface area contributed by atoms with E-state index in [2.05, 4.69) is 20.0 Å². The number of nitrogens with zero attached hydrogens (tertiary/aromatic N) is 6. The second-order valence-corrected chi connectivity index (χ2v) is 6.84. The van der Waals surface area contributed by atoms with E-state index in [0.29, 0.717) is 30.8 Å². The zero-order valence-corrected chi connectivity index (χ0v) is 14.9. The largest absolute Gasteiger partial charge is 0.416 e. The molecule has 4 rings (SSSR count). The minimum absolute atomic E-state index is 0.0106. The summed E-state index contributed by atoms with van der Waals surface area (Å²) in [6.07, 6.45) is -4.66. The fourth-order valence-corrected chi connectivity index (χ4v) is 3.25. The van der Waals surface area contributed by atoms with Crippen molar-refractivity contribution in [3.8, 4) is 0 Å². The Morgan fingerprint density at radius 1 is 1.07 bits per heavy atom. The van der Waals surface area contributed by atoms with Gasteiger partial charge in [-0.05, 0) is 26.1 Å². The average Bonchev–Trinajstić information content (AvgIpc) is 2.61. The third-order valence-corrected chi connectivity index (χ3v) is 4.75. The van der Waals surface area contributed by atoms with Crippen molar-refractivity contribution in [1.29, 1.82) is 0 Å². The molecular weight excluding hydrogens is 364 g/mol. The van der Waals surface area contributed by atoms with Crippen LogP contribution in [0.2, 0.25) is 0 Å². The lowest BCUT2D eigenvalue weighted by molar-refractivity contribution is -0.137. The summed E-state index contributed by atoms with van der Waals surface area (Å²) in [6.45, 7) is 4.94. The fraction of sp³-hybridized carbons (Fsp3) is 0.471. The molecule has 0 unspecified atom stereocenters. The van der Waals surface area contributed by atoms with E-state index in [1.165, 1.54) is 5.01 Å². The lowest BCUT2D eigenvalue weighted by Crippen LogP contribution is -2.54. The number of hydrogen-bond donors (Lipinski definition) is 0. The van der Waals surface area contributed by atoms with Gasteiger partial charge in [0, 0.05) is 31.7 Å². The van der Waals surface area contributed by atoms with Gasteiger partial charge in [0.25, 0.3) is 0 Å². The smallest absolute Gasteiger partial charge is 0.338 e. The first-order valence-electron chi connectivity index (χ1n) is 8.56. The summed E-state index contributed by atoms with van der Waals surface area (Å²) in [5.74, 6) is -0.420. The summed E-state index contributed by atoms with van der Waals surface area (Å²) in [4.78, 5) is 12.8. The minimum Gasteiger partial charge on any atom is -0.338 e. The fourth-order valence-electron chi connectivity index (χ4n) is 3.25. The molecular formula is C17H18F4N6. The van der Waals surface area contributed by atoms with Crippen molar-refractivity contribution in [2.75, 3.05) is 39.8 Å². The van der Waals surface area contributed by atoms with Crippen LogP contribution in [0.5, 0.6) is 0 Å². The molecule has 1 aromatic carbocycles. The van der Waals surface area contributed by atoms with Crippen LogP contribution in [0.15, 0.2) is 27.2 Å². The highest BCUT2D eigenvalue weighted by atomic mass is 19.4. The number of hydrazone groups is 1. The Morgan fingerprint density at radius 2 is 1.78 bits per heavy atom. The van der Waals surface area contributed by atoms with Crippen molar-refractivity contribution < 1.29 is 17.6 Å². The third-order valence-electron chi connectivity index (χ3n) is 4.75. The molecule has 0 bridgehead atoms. The molecule has 0 amide bonds. The van der Waals surface area contributed by atoms with Crippen LogP contribution in [0.4, 0.5) is 23.2 Å². The number of hydrogen-bond acceptors (Lipinski definition) is 6. The van der Waals surface area contributed by atoms with Gasteiger partial charge in [-0.1, -0.05) is 0 Å². The van der Waals surface area contributed by atoms with Crippen molar-refractivity contribution in [3.63, 3.8) is 0 Å². The number of fused-ring (bicyclic) bond motifs is 3. The third kappa shape index (κ3) is 3.18. The molecule has 3 aliphatic heterocycles. The van der Waals surface area contributed by atoms with Crippen molar-refractivity contribution in [2.45, 2.75) is 13.1 Å². The Hall–Kier alpha value is -2.49.